The number of nitrogens with zero attached hydrogens (tertiary/aromatic N) is 1. The van der Waals surface area contributed by atoms with Gasteiger partial charge in [0.1, 0.15) is 0 Å². The maximum absolute atomic E-state index is 10.4. The van der Waals surface area contributed by atoms with Gasteiger partial charge in [-0.15, -0.1) is 0 Å². The van der Waals surface area contributed by atoms with Gasteiger partial charge in [0, 0.05) is 10.8 Å². The van der Waals surface area contributed by atoms with Crippen LogP contribution >= 0.6 is 0 Å². The highest BCUT2D eigenvalue weighted by Gasteiger charge is 2.39. The Bertz CT molecular complexity index is 191. The van der Waals surface area contributed by atoms with E-state index < -0.39 is 16.8 Å². The molecule has 1 fully saturated rings. The predicted octanol–water partition coefficient (Wildman–Crippen LogP) is 0.374. The van der Waals surface area contributed by atoms with Crippen molar-refractivity contribution in [2.24, 2.45) is 11.8 Å². The van der Waals surface area contributed by atoms with E-state index in [2.05, 4.69) is 0 Å². The monoisotopic (exact) mass is 159 g/mol. The average molecular weight is 159 g/mol. The molecule has 0 aromatic heterocycles. The zero-order valence-corrected chi connectivity index (χ0v) is 5.90. The first-order valence-electron chi connectivity index (χ1n) is 3.46. The summed E-state index contributed by atoms with van der Waals surface area (Å²) in [5.41, 5.74) is 0. The maximum Gasteiger partial charge on any atom is 0.307 e. The van der Waals surface area contributed by atoms with Gasteiger partial charge in [0.25, 0.3) is 0 Å². The Labute approximate surface area is 63.2 Å². The molecule has 0 aromatic rings. The van der Waals surface area contributed by atoms with Crippen LogP contribution in [0.2, 0.25) is 0 Å². The summed E-state index contributed by atoms with van der Waals surface area (Å²) in [7, 11) is 0. The quantitative estimate of drug-likeness (QED) is 0.476. The topological polar surface area (TPSA) is 80.4 Å². The first-order chi connectivity index (χ1) is 5.11. The van der Waals surface area contributed by atoms with Gasteiger partial charge in [-0.2, -0.15) is 0 Å². The molecule has 1 rings (SSSR count). The average Bonchev–Trinajstić information content (AvgIpc) is 1.78. The largest absolute Gasteiger partial charge is 0.481 e. The van der Waals surface area contributed by atoms with Crippen LogP contribution in [0.5, 0.6) is 0 Å². The second kappa shape index (κ2) is 2.86. The lowest BCUT2D eigenvalue weighted by Crippen LogP contribution is -2.37. The summed E-state index contributed by atoms with van der Waals surface area (Å²) >= 11 is 0. The molecule has 0 heterocycles. The molecular formula is C6H9NO4. The van der Waals surface area contributed by atoms with E-state index >= 15 is 0 Å². The van der Waals surface area contributed by atoms with E-state index in [1.165, 1.54) is 0 Å². The predicted molar refractivity (Wildman–Crippen MR) is 35.7 cm³/mol. The van der Waals surface area contributed by atoms with Gasteiger partial charge in [-0.05, 0) is 12.8 Å². The molecule has 5 heteroatoms. The fraction of sp³-hybridized carbons (Fsp3) is 0.833. The lowest BCUT2D eigenvalue weighted by atomic mass is 9.74. The summed E-state index contributed by atoms with van der Waals surface area (Å²) in [5.74, 6) is -1.61. The summed E-state index contributed by atoms with van der Waals surface area (Å²) in [4.78, 5) is 19.9. The number of carbonyl (C=O) groups is 1. The molecular weight excluding hydrogens is 150 g/mol. The van der Waals surface area contributed by atoms with Crippen LogP contribution in [0.1, 0.15) is 12.8 Å². The molecule has 0 aromatic carbocycles. The van der Waals surface area contributed by atoms with Crippen LogP contribution in [-0.4, -0.2) is 22.5 Å². The summed E-state index contributed by atoms with van der Waals surface area (Å²) in [6.07, 6.45) is 1.27. The summed E-state index contributed by atoms with van der Waals surface area (Å²) in [6, 6.07) is 0. The molecule has 0 amide bonds. The van der Waals surface area contributed by atoms with Crippen LogP contribution in [0.15, 0.2) is 0 Å². The molecule has 1 N–H and O–H groups in total. The van der Waals surface area contributed by atoms with Crippen molar-refractivity contribution in [3.05, 3.63) is 10.1 Å². The van der Waals surface area contributed by atoms with Gasteiger partial charge in [0.05, 0.1) is 5.92 Å². The molecule has 0 saturated heterocycles. The van der Waals surface area contributed by atoms with Crippen LogP contribution in [0.25, 0.3) is 0 Å². The number of hydrogen-bond acceptors (Lipinski definition) is 3. The molecule has 1 aliphatic carbocycles. The lowest BCUT2D eigenvalue weighted by Gasteiger charge is -2.29. The van der Waals surface area contributed by atoms with Crippen molar-refractivity contribution in [1.82, 2.24) is 0 Å². The van der Waals surface area contributed by atoms with E-state index in [0.29, 0.717) is 12.8 Å². The van der Waals surface area contributed by atoms with E-state index in [0.717, 1.165) is 0 Å². The third-order valence-electron chi connectivity index (χ3n) is 2.12. The Morgan fingerprint density at radius 2 is 2.27 bits per heavy atom. The number of rotatable bonds is 3. The Morgan fingerprint density at radius 3 is 2.55 bits per heavy atom. The molecule has 0 aliphatic heterocycles. The van der Waals surface area contributed by atoms with Gasteiger partial charge >= 0.3 is 5.97 Å². The van der Waals surface area contributed by atoms with Crippen molar-refractivity contribution in [2.75, 3.05) is 6.54 Å². The van der Waals surface area contributed by atoms with E-state index in [9.17, 15) is 14.9 Å². The zero-order valence-electron chi connectivity index (χ0n) is 5.90. The highest BCUT2D eigenvalue weighted by atomic mass is 16.6. The number of nitro groups is 1. The fourth-order valence-corrected chi connectivity index (χ4v) is 1.30. The minimum absolute atomic E-state index is 0.197. The van der Waals surface area contributed by atoms with E-state index in [1.807, 2.05) is 0 Å². The standard InChI is InChI=1S/C6H9NO4/c8-6(9)5-2-1-4(5)3-7(10)11/h4-5H,1-3H2,(H,8,9). The van der Waals surface area contributed by atoms with Crippen LogP contribution < -0.4 is 0 Å². The molecule has 0 bridgehead atoms. The highest BCUT2D eigenvalue weighted by molar-refractivity contribution is 5.71. The Balaban J connectivity index is 2.37. The minimum atomic E-state index is -0.900. The normalized spacial score (nSPS) is 29.1. The van der Waals surface area contributed by atoms with Crippen LogP contribution in [0.4, 0.5) is 0 Å². The van der Waals surface area contributed by atoms with Crippen LogP contribution in [0, 0.1) is 22.0 Å². The van der Waals surface area contributed by atoms with Crippen LogP contribution in [-0.2, 0) is 4.79 Å². The van der Waals surface area contributed by atoms with Crippen molar-refractivity contribution in [1.29, 1.82) is 0 Å². The third kappa shape index (κ3) is 1.66. The highest BCUT2D eigenvalue weighted by Crippen LogP contribution is 2.34. The Morgan fingerprint density at radius 1 is 1.64 bits per heavy atom. The van der Waals surface area contributed by atoms with Gasteiger partial charge in [-0.3, -0.25) is 14.9 Å². The molecule has 5 nitrogen and oxygen atoms in total. The van der Waals surface area contributed by atoms with E-state index in [1.54, 1.807) is 0 Å². The zero-order chi connectivity index (χ0) is 8.43. The molecule has 0 spiro atoms. The molecule has 1 aliphatic rings. The van der Waals surface area contributed by atoms with Gasteiger partial charge in [0.15, 0.2) is 0 Å². The van der Waals surface area contributed by atoms with Gasteiger partial charge in [-0.1, -0.05) is 0 Å². The van der Waals surface area contributed by atoms with Crippen molar-refractivity contribution in [3.8, 4) is 0 Å². The molecule has 1 saturated carbocycles. The second-order valence-corrected chi connectivity index (χ2v) is 2.80. The molecule has 62 valence electrons. The number of aliphatic carboxylic acids is 1. The Hall–Kier alpha value is -1.13. The van der Waals surface area contributed by atoms with Crippen LogP contribution in [0.3, 0.4) is 0 Å². The third-order valence-corrected chi connectivity index (χ3v) is 2.12. The summed E-state index contributed by atoms with van der Waals surface area (Å²) in [6.45, 7) is -0.197. The molecule has 11 heavy (non-hydrogen) atoms. The molecule has 0 radical (unpaired) electrons. The van der Waals surface area contributed by atoms with Gasteiger partial charge < -0.3 is 5.11 Å². The summed E-state index contributed by atoms with van der Waals surface area (Å²) < 4.78 is 0. The smallest absolute Gasteiger partial charge is 0.307 e. The SMILES string of the molecule is O=C(O)C1CCC1C[N+](=O)[O-]. The van der Waals surface area contributed by atoms with Gasteiger partial charge in [-0.25, -0.2) is 0 Å². The molecule has 2 atom stereocenters. The summed E-state index contributed by atoms with van der Waals surface area (Å²) in [5, 5.41) is 18.5. The second-order valence-electron chi connectivity index (χ2n) is 2.80. The number of hydrogen-bond donors (Lipinski definition) is 1. The fourth-order valence-electron chi connectivity index (χ4n) is 1.30. The molecule has 2 unspecified atom stereocenters. The van der Waals surface area contributed by atoms with Crippen molar-refractivity contribution < 1.29 is 14.8 Å². The first kappa shape index (κ1) is 7.97. The van der Waals surface area contributed by atoms with Gasteiger partial charge in [0.2, 0.25) is 6.54 Å². The van der Waals surface area contributed by atoms with Crippen molar-refractivity contribution in [2.45, 2.75) is 12.8 Å². The van der Waals surface area contributed by atoms with E-state index in [-0.39, 0.29) is 12.5 Å². The van der Waals surface area contributed by atoms with Crippen molar-refractivity contribution in [3.63, 3.8) is 0 Å². The Kier molecular flexibility index (Phi) is 2.07. The van der Waals surface area contributed by atoms with E-state index in [4.69, 9.17) is 5.11 Å². The van der Waals surface area contributed by atoms with Crippen molar-refractivity contribution >= 4 is 5.97 Å². The minimum Gasteiger partial charge on any atom is -0.481 e. The maximum atomic E-state index is 10.4. The number of carboxylic acids is 1. The number of carboxylic acid groups (broad SMARTS) is 1. The lowest BCUT2D eigenvalue weighted by molar-refractivity contribution is -0.492. The first-order valence-corrected chi connectivity index (χ1v) is 3.46.